The van der Waals surface area contributed by atoms with E-state index >= 15 is 0 Å². The van der Waals surface area contributed by atoms with Crippen molar-refractivity contribution in [3.8, 4) is 0 Å². The van der Waals surface area contributed by atoms with E-state index in [-0.39, 0.29) is 22.3 Å². The molecule has 9 nitrogen and oxygen atoms in total. The smallest absolute Gasteiger partial charge is 0.379 e. The van der Waals surface area contributed by atoms with Crippen molar-refractivity contribution in [2.45, 2.75) is 25.8 Å². The summed E-state index contributed by atoms with van der Waals surface area (Å²) in [5, 5.41) is 0. The van der Waals surface area contributed by atoms with Crippen molar-refractivity contribution in [1.82, 2.24) is 0 Å². The van der Waals surface area contributed by atoms with Gasteiger partial charge in [-0.2, -0.15) is 0 Å². The second-order valence-electron chi connectivity index (χ2n) is 8.85. The predicted molar refractivity (Wildman–Crippen MR) is 145 cm³/mol. The summed E-state index contributed by atoms with van der Waals surface area (Å²) in [6, 6.07) is 31.5. The maximum atomic E-state index is 13.0. The van der Waals surface area contributed by atoms with E-state index in [1.165, 1.54) is 48.5 Å². The summed E-state index contributed by atoms with van der Waals surface area (Å²) < 4.78 is 27.8. The summed E-state index contributed by atoms with van der Waals surface area (Å²) in [7, 11) is 0. The molecule has 0 amide bonds. The minimum Gasteiger partial charge on any atom is -0.394 e. The Morgan fingerprint density at radius 3 is 0.780 bits per heavy atom. The second-order valence-corrected chi connectivity index (χ2v) is 8.85. The van der Waals surface area contributed by atoms with Crippen LogP contribution in [0, 0.1) is 0 Å². The minimum absolute atomic E-state index is 0.113. The van der Waals surface area contributed by atoms with Crippen LogP contribution in [0.4, 0.5) is 0 Å². The number of ether oxygens (including phenoxy) is 5. The normalized spacial score (nSPS) is 11.2. The summed E-state index contributed by atoms with van der Waals surface area (Å²) >= 11 is 0. The molecular formula is C32H26O9. The number of hydrogen-bond donors (Lipinski definition) is 0. The highest BCUT2D eigenvalue weighted by atomic mass is 17.0. The maximum absolute atomic E-state index is 13.0. The van der Waals surface area contributed by atoms with E-state index in [2.05, 4.69) is 0 Å². The highest BCUT2D eigenvalue weighted by molar-refractivity contribution is 5.92. The van der Waals surface area contributed by atoms with Crippen LogP contribution in [0.2, 0.25) is 0 Å². The van der Waals surface area contributed by atoms with Crippen LogP contribution in [0.1, 0.15) is 55.3 Å². The summed E-state index contributed by atoms with van der Waals surface area (Å²) in [6.07, 6.45) is 0. The number of carbonyl (C=O) groups is 4. The van der Waals surface area contributed by atoms with Crippen molar-refractivity contribution in [1.29, 1.82) is 0 Å². The van der Waals surface area contributed by atoms with Gasteiger partial charge < -0.3 is 18.9 Å². The molecule has 0 bridgehead atoms. The molecule has 0 aromatic heterocycles. The van der Waals surface area contributed by atoms with Gasteiger partial charge in [-0.05, 0) is 48.5 Å². The fourth-order valence-electron chi connectivity index (χ4n) is 3.67. The molecule has 0 fully saturated rings. The highest BCUT2D eigenvalue weighted by Crippen LogP contribution is 2.30. The van der Waals surface area contributed by atoms with Crippen molar-refractivity contribution < 1.29 is 42.9 Å². The van der Waals surface area contributed by atoms with Crippen molar-refractivity contribution >= 4 is 23.9 Å². The van der Waals surface area contributed by atoms with Crippen LogP contribution in [-0.2, 0) is 23.7 Å². The Kier molecular flexibility index (Phi) is 8.91. The summed E-state index contributed by atoms with van der Waals surface area (Å²) in [5.74, 6) is -8.83. The molecule has 0 atom stereocenters. The first-order valence-corrected chi connectivity index (χ1v) is 12.5. The van der Waals surface area contributed by atoms with Gasteiger partial charge in [-0.15, -0.1) is 0 Å². The van der Waals surface area contributed by atoms with Crippen molar-refractivity contribution in [2.24, 2.45) is 0 Å². The molecule has 4 aromatic rings. The van der Waals surface area contributed by atoms with E-state index in [0.29, 0.717) is 0 Å². The predicted octanol–water partition coefficient (Wildman–Crippen LogP) is 5.78. The Bertz CT molecular complexity index is 1270. The van der Waals surface area contributed by atoms with Crippen molar-refractivity contribution in [2.75, 3.05) is 0 Å². The number of hydrogen-bond acceptors (Lipinski definition) is 9. The third-order valence-electron chi connectivity index (χ3n) is 5.52. The highest BCUT2D eigenvalue weighted by Gasteiger charge is 2.48. The van der Waals surface area contributed by atoms with E-state index in [1.54, 1.807) is 72.8 Å². The molecule has 0 spiro atoms. The van der Waals surface area contributed by atoms with Gasteiger partial charge in [0.1, 0.15) is 0 Å². The number of benzene rings is 4. The Labute approximate surface area is 236 Å². The lowest BCUT2D eigenvalue weighted by Crippen LogP contribution is -2.51. The molecule has 0 aliphatic carbocycles. The summed E-state index contributed by atoms with van der Waals surface area (Å²) in [4.78, 5) is 52.2. The van der Waals surface area contributed by atoms with E-state index in [4.69, 9.17) is 23.7 Å². The second kappa shape index (κ2) is 12.7. The van der Waals surface area contributed by atoms with Gasteiger partial charge in [0.05, 0.1) is 22.3 Å². The molecule has 4 rings (SSSR count). The van der Waals surface area contributed by atoms with E-state index < -0.39 is 35.8 Å². The SMILES string of the molecule is CC(OC(=O)c1ccccc1)(OC(=O)c1ccccc1)OC(C)(OC(=O)c1ccccc1)OC(=O)c1ccccc1. The first-order chi connectivity index (χ1) is 19.7. The van der Waals surface area contributed by atoms with Crippen molar-refractivity contribution in [3.63, 3.8) is 0 Å². The third-order valence-corrected chi connectivity index (χ3v) is 5.52. The third kappa shape index (κ3) is 7.87. The molecular weight excluding hydrogens is 528 g/mol. The van der Waals surface area contributed by atoms with Crippen LogP contribution in [-0.4, -0.2) is 35.8 Å². The Morgan fingerprint density at radius 1 is 0.390 bits per heavy atom. The van der Waals surface area contributed by atoms with E-state index in [1.807, 2.05) is 0 Å². The quantitative estimate of drug-likeness (QED) is 0.178. The van der Waals surface area contributed by atoms with Gasteiger partial charge >= 0.3 is 35.8 Å². The fourth-order valence-corrected chi connectivity index (χ4v) is 3.67. The molecule has 0 unspecified atom stereocenters. The van der Waals surface area contributed by atoms with Crippen LogP contribution in [0.3, 0.4) is 0 Å². The molecule has 9 heteroatoms. The van der Waals surface area contributed by atoms with Gasteiger partial charge in [-0.3, -0.25) is 0 Å². The largest absolute Gasteiger partial charge is 0.394 e. The Hall–Kier alpha value is -5.28. The van der Waals surface area contributed by atoms with Gasteiger partial charge in [0.15, 0.2) is 0 Å². The monoisotopic (exact) mass is 554 g/mol. The van der Waals surface area contributed by atoms with E-state index in [0.717, 1.165) is 13.8 Å². The standard InChI is InChI=1S/C32H26O9/c1-31(37-27(33)23-15-7-3-8-16-23,38-28(34)24-17-9-4-10-18-24)41-32(2,39-29(35)25-19-11-5-12-20-25)40-30(36)26-21-13-6-14-22-26/h3-22H,1-2H3. The molecule has 0 heterocycles. The fraction of sp³-hybridized carbons (Fsp3) is 0.125. The van der Waals surface area contributed by atoms with Gasteiger partial charge in [-0.25, -0.2) is 23.9 Å². The number of esters is 4. The van der Waals surface area contributed by atoms with Crippen LogP contribution in [0.25, 0.3) is 0 Å². The minimum atomic E-state index is -2.55. The average Bonchev–Trinajstić information content (AvgIpc) is 2.98. The van der Waals surface area contributed by atoms with Gasteiger partial charge in [0.25, 0.3) is 0 Å². The molecule has 0 N–H and O–H groups in total. The van der Waals surface area contributed by atoms with Crippen LogP contribution in [0.5, 0.6) is 0 Å². The molecule has 208 valence electrons. The molecule has 0 saturated heterocycles. The van der Waals surface area contributed by atoms with Crippen molar-refractivity contribution in [3.05, 3.63) is 144 Å². The molecule has 0 aliphatic heterocycles. The lowest BCUT2D eigenvalue weighted by Gasteiger charge is -2.36. The first-order valence-electron chi connectivity index (χ1n) is 12.5. The lowest BCUT2D eigenvalue weighted by molar-refractivity contribution is -0.444. The molecule has 0 aliphatic rings. The molecule has 0 radical (unpaired) electrons. The van der Waals surface area contributed by atoms with Gasteiger partial charge in [0, 0.05) is 13.8 Å². The van der Waals surface area contributed by atoms with E-state index in [9.17, 15) is 19.2 Å². The Morgan fingerprint density at radius 2 is 0.585 bits per heavy atom. The zero-order chi connectivity index (χ0) is 29.3. The number of rotatable bonds is 10. The van der Waals surface area contributed by atoms with Crippen LogP contribution in [0.15, 0.2) is 121 Å². The van der Waals surface area contributed by atoms with Crippen LogP contribution < -0.4 is 0 Å². The molecule has 0 saturated carbocycles. The number of carbonyl (C=O) groups excluding carboxylic acids is 4. The lowest BCUT2D eigenvalue weighted by atomic mass is 10.2. The summed E-state index contributed by atoms with van der Waals surface area (Å²) in [5.41, 5.74) is 0.453. The zero-order valence-corrected chi connectivity index (χ0v) is 22.2. The molecule has 41 heavy (non-hydrogen) atoms. The van der Waals surface area contributed by atoms with Gasteiger partial charge in [0.2, 0.25) is 0 Å². The molecule has 4 aromatic carbocycles. The van der Waals surface area contributed by atoms with Crippen LogP contribution >= 0.6 is 0 Å². The van der Waals surface area contributed by atoms with Gasteiger partial charge in [-0.1, -0.05) is 72.8 Å². The topological polar surface area (TPSA) is 114 Å². The first kappa shape index (κ1) is 28.7. The maximum Gasteiger partial charge on any atom is 0.379 e. The Balaban J connectivity index is 1.69. The zero-order valence-electron chi connectivity index (χ0n) is 22.2. The average molecular weight is 555 g/mol. The summed E-state index contributed by atoms with van der Waals surface area (Å²) in [6.45, 7) is 2.22.